The molecule has 0 aliphatic heterocycles. The lowest BCUT2D eigenvalue weighted by atomic mass is 9.50. The number of hydrogen-bond donors (Lipinski definition) is 0. The Kier molecular flexibility index (Phi) is 6.84. The molecule has 0 N–H and O–H groups in total. The summed E-state index contributed by atoms with van der Waals surface area (Å²) in [6.45, 7) is 2.48. The Hall–Kier alpha value is -4.66. The molecular weight excluding hydrogens is 671 g/mol. The summed E-state index contributed by atoms with van der Waals surface area (Å²) in [7, 11) is 0. The van der Waals surface area contributed by atoms with Gasteiger partial charge in [0.15, 0.2) is 0 Å². The Morgan fingerprint density at radius 3 is 2.07 bits per heavy atom. The van der Waals surface area contributed by atoms with Crippen molar-refractivity contribution in [2.45, 2.75) is 82.0 Å². The molecule has 3 fully saturated rings. The molecule has 1 heterocycles. The number of nitrogens with zero attached hydrogens (tertiary/aromatic N) is 1. The van der Waals surface area contributed by atoms with Crippen LogP contribution in [0.5, 0.6) is 0 Å². The van der Waals surface area contributed by atoms with E-state index in [-0.39, 0.29) is 10.8 Å². The number of rotatable bonds is 4. The van der Waals surface area contributed by atoms with Crippen molar-refractivity contribution in [2.75, 3.05) is 4.90 Å². The van der Waals surface area contributed by atoms with Gasteiger partial charge < -0.3 is 4.90 Å². The first-order valence-electron chi connectivity index (χ1n) is 20.9. The second kappa shape index (κ2) is 11.7. The molecule has 6 aromatic carbocycles. The molecule has 4 unspecified atom stereocenters. The summed E-state index contributed by atoms with van der Waals surface area (Å²) >= 11 is 1.92. The highest BCUT2D eigenvalue weighted by Gasteiger charge is 2.57. The molecule has 1 aromatic heterocycles. The highest BCUT2D eigenvalue weighted by atomic mass is 32.1. The molecule has 0 saturated heterocycles. The van der Waals surface area contributed by atoms with Crippen molar-refractivity contribution in [1.82, 2.24) is 0 Å². The number of thiophene rings is 1. The maximum absolute atomic E-state index is 2.71. The number of hydrogen-bond acceptors (Lipinski definition) is 2. The third kappa shape index (κ3) is 4.05. The molecular formula is C52H47NS. The Morgan fingerprint density at radius 2 is 1.26 bits per heavy atom. The Bertz CT molecular complexity index is 2630. The zero-order valence-electron chi connectivity index (χ0n) is 31.3. The molecule has 1 nitrogen and oxygen atoms in total. The van der Waals surface area contributed by atoms with Crippen molar-refractivity contribution in [3.05, 3.63) is 150 Å². The molecule has 3 saturated carbocycles. The fraction of sp³-hybridized carbons (Fsp3) is 0.308. The van der Waals surface area contributed by atoms with Crippen molar-refractivity contribution in [2.24, 2.45) is 17.8 Å². The molecule has 5 aliphatic carbocycles. The molecule has 12 rings (SSSR count). The lowest BCUT2D eigenvalue weighted by molar-refractivity contribution is 0.0557. The minimum absolute atomic E-state index is 0.0753. The van der Waals surface area contributed by atoms with Crippen LogP contribution < -0.4 is 4.90 Å². The van der Waals surface area contributed by atoms with Gasteiger partial charge >= 0.3 is 0 Å². The summed E-state index contributed by atoms with van der Waals surface area (Å²) in [4.78, 5) is 2.71. The van der Waals surface area contributed by atoms with E-state index in [0.717, 1.165) is 5.92 Å². The average molecular weight is 718 g/mol. The first-order chi connectivity index (χ1) is 26.7. The van der Waals surface area contributed by atoms with Crippen LogP contribution in [0, 0.1) is 17.8 Å². The van der Waals surface area contributed by atoms with Crippen LogP contribution in [-0.2, 0) is 10.8 Å². The van der Waals surface area contributed by atoms with E-state index in [0.29, 0.717) is 11.8 Å². The number of anilines is 3. The van der Waals surface area contributed by atoms with Crippen LogP contribution in [0.15, 0.2) is 127 Å². The van der Waals surface area contributed by atoms with Crippen LogP contribution in [-0.4, -0.2) is 0 Å². The van der Waals surface area contributed by atoms with Crippen LogP contribution in [0.4, 0.5) is 17.1 Å². The van der Waals surface area contributed by atoms with Crippen LogP contribution in [0.2, 0.25) is 0 Å². The minimum atomic E-state index is 0.0753. The van der Waals surface area contributed by atoms with Gasteiger partial charge in [-0.3, -0.25) is 0 Å². The van der Waals surface area contributed by atoms with Gasteiger partial charge in [0.1, 0.15) is 0 Å². The molecule has 5 aliphatic rings. The lowest BCUT2D eigenvalue weighted by Crippen LogP contribution is -2.48. The van der Waals surface area contributed by atoms with Gasteiger partial charge in [-0.15, -0.1) is 11.3 Å². The van der Waals surface area contributed by atoms with Gasteiger partial charge in [0.05, 0.1) is 11.4 Å². The summed E-state index contributed by atoms with van der Waals surface area (Å²) in [6, 6.07) is 50.1. The fourth-order valence-corrected chi connectivity index (χ4v) is 14.3. The Morgan fingerprint density at radius 1 is 0.593 bits per heavy atom. The van der Waals surface area contributed by atoms with Gasteiger partial charge in [0, 0.05) is 47.8 Å². The third-order valence-corrected chi connectivity index (χ3v) is 16.3. The topological polar surface area (TPSA) is 3.24 Å². The van der Waals surface area contributed by atoms with Crippen molar-refractivity contribution >= 4 is 48.6 Å². The number of fused-ring (bicyclic) bond motifs is 16. The quantitative estimate of drug-likeness (QED) is 0.175. The van der Waals surface area contributed by atoms with E-state index in [1.807, 2.05) is 11.3 Å². The second-order valence-corrected chi connectivity index (χ2v) is 18.4. The zero-order chi connectivity index (χ0) is 35.6. The van der Waals surface area contributed by atoms with Gasteiger partial charge in [0.2, 0.25) is 0 Å². The van der Waals surface area contributed by atoms with Gasteiger partial charge in [-0.05, 0) is 120 Å². The monoisotopic (exact) mass is 717 g/mol. The third-order valence-electron chi connectivity index (χ3n) is 15.1. The highest BCUT2D eigenvalue weighted by Crippen LogP contribution is 2.67. The van der Waals surface area contributed by atoms with E-state index in [1.165, 1.54) is 124 Å². The van der Waals surface area contributed by atoms with Crippen LogP contribution >= 0.6 is 11.3 Å². The normalized spacial score (nSPS) is 24.2. The smallest absolute Gasteiger partial charge is 0.0543 e. The Balaban J connectivity index is 1.17. The summed E-state index contributed by atoms with van der Waals surface area (Å²) < 4.78 is 2.72. The van der Waals surface area contributed by atoms with Crippen molar-refractivity contribution in [3.8, 4) is 22.3 Å². The number of benzene rings is 6. The van der Waals surface area contributed by atoms with Gasteiger partial charge in [-0.25, -0.2) is 0 Å². The van der Waals surface area contributed by atoms with Gasteiger partial charge in [-0.2, -0.15) is 0 Å². The van der Waals surface area contributed by atoms with Gasteiger partial charge in [0.25, 0.3) is 0 Å². The van der Waals surface area contributed by atoms with E-state index in [1.54, 1.807) is 22.3 Å². The first-order valence-corrected chi connectivity index (χ1v) is 21.7. The lowest BCUT2D eigenvalue weighted by Gasteiger charge is -2.54. The summed E-state index contributed by atoms with van der Waals surface area (Å²) in [5, 5.41) is 2.71. The maximum Gasteiger partial charge on any atom is 0.0543 e. The van der Waals surface area contributed by atoms with Crippen LogP contribution in [0.3, 0.4) is 0 Å². The molecule has 266 valence electrons. The molecule has 7 aromatic rings. The molecule has 2 spiro atoms. The molecule has 2 bridgehead atoms. The van der Waals surface area contributed by atoms with Crippen molar-refractivity contribution in [1.29, 1.82) is 0 Å². The van der Waals surface area contributed by atoms with E-state index in [9.17, 15) is 0 Å². The highest BCUT2D eigenvalue weighted by molar-refractivity contribution is 7.25. The molecule has 4 atom stereocenters. The van der Waals surface area contributed by atoms with E-state index in [2.05, 4.69) is 139 Å². The fourth-order valence-electron chi connectivity index (χ4n) is 13.2. The van der Waals surface area contributed by atoms with Crippen LogP contribution in [0.1, 0.15) is 93.4 Å². The summed E-state index contributed by atoms with van der Waals surface area (Å²) in [6.07, 6.45) is 13.2. The summed E-state index contributed by atoms with van der Waals surface area (Å²) in [5.74, 6) is 2.25. The van der Waals surface area contributed by atoms with Gasteiger partial charge in [-0.1, -0.05) is 130 Å². The van der Waals surface area contributed by atoms with Crippen molar-refractivity contribution < 1.29 is 0 Å². The predicted molar refractivity (Wildman–Crippen MR) is 229 cm³/mol. The largest absolute Gasteiger partial charge is 0.309 e. The van der Waals surface area contributed by atoms with Crippen molar-refractivity contribution in [3.63, 3.8) is 0 Å². The van der Waals surface area contributed by atoms with Crippen LogP contribution in [0.25, 0.3) is 42.4 Å². The standard InChI is InChI=1S/C52H47NS/c1-2-34-30-33-14-11-15-35(31-33)52(34)42-20-7-4-18-39(42)50-44(52)22-13-24-46(50)53(36-26-27-48-40(32-36)37-16-5-8-25-47(37)54-48)45-23-12-21-43-49(45)38-17-3-6-19-41(38)51(43)28-9-10-29-51/h3-8,12-13,16-27,32-35H,2,9-11,14-15,28-31H2,1H3. The minimum Gasteiger partial charge on any atom is -0.309 e. The van der Waals surface area contributed by atoms with E-state index >= 15 is 0 Å². The predicted octanol–water partition coefficient (Wildman–Crippen LogP) is 14.9. The summed E-state index contributed by atoms with van der Waals surface area (Å²) in [5.41, 5.74) is 16.2. The maximum atomic E-state index is 2.71. The molecule has 2 heteroatoms. The first kappa shape index (κ1) is 31.7. The molecule has 54 heavy (non-hydrogen) atoms. The van der Waals surface area contributed by atoms with E-state index in [4.69, 9.17) is 0 Å². The van der Waals surface area contributed by atoms with E-state index < -0.39 is 0 Å². The second-order valence-electron chi connectivity index (χ2n) is 17.3. The average Bonchev–Trinajstić information content (AvgIpc) is 3.99. The SMILES string of the molecule is CCC1CC2CCCC(C2)C12c1ccccc1-c1c(N(c3ccc4sc5ccccc5c4c3)c3cccc4c3-c3ccccc3C43CCCC3)cccc12. The molecule has 0 radical (unpaired) electrons. The molecule has 0 amide bonds. The zero-order valence-corrected chi connectivity index (χ0v) is 32.1. The Labute approximate surface area is 323 Å².